The third kappa shape index (κ3) is 3.42. The second-order valence-corrected chi connectivity index (χ2v) is 5.13. The molecule has 0 aromatic carbocycles. The number of halogens is 1. The molecule has 0 saturated carbocycles. The molecule has 1 aromatic heterocycles. The highest BCUT2D eigenvalue weighted by Crippen LogP contribution is 2.22. The number of ether oxygens (including phenoxy) is 1. The summed E-state index contributed by atoms with van der Waals surface area (Å²) in [7, 11) is 1.30. The molecule has 0 aliphatic rings. The summed E-state index contributed by atoms with van der Waals surface area (Å²) in [6.45, 7) is 5.99. The molecule has 0 unspecified atom stereocenters. The Labute approximate surface area is 103 Å². The number of methoxy groups -OCH3 is 1. The lowest BCUT2D eigenvalue weighted by atomic mass is 9.98. The topological polar surface area (TPSA) is 39.4 Å². The van der Waals surface area contributed by atoms with E-state index in [1.54, 1.807) is 6.07 Å². The summed E-state index contributed by atoms with van der Waals surface area (Å²) in [5, 5.41) is 0. The molecule has 86 valence electrons. The van der Waals surface area contributed by atoms with E-state index in [0.717, 1.165) is 0 Å². The molecular weight excluding hydrogens is 272 g/mol. The highest BCUT2D eigenvalue weighted by molar-refractivity contribution is 9.10. The fourth-order valence-electron chi connectivity index (χ4n) is 0.899. The standard InChI is InChI=1S/C12H13BrO3/c1-12(2,3)6-5-9-8(13)7-10(16-9)11(14)15-4/h7H,1-4H3. The van der Waals surface area contributed by atoms with Gasteiger partial charge >= 0.3 is 5.97 Å². The van der Waals surface area contributed by atoms with E-state index in [1.165, 1.54) is 7.11 Å². The van der Waals surface area contributed by atoms with Gasteiger partial charge in [-0.15, -0.1) is 0 Å². The Bertz CT molecular complexity index is 455. The second kappa shape index (κ2) is 4.75. The predicted molar refractivity (Wildman–Crippen MR) is 64.1 cm³/mol. The molecule has 16 heavy (non-hydrogen) atoms. The summed E-state index contributed by atoms with van der Waals surface area (Å²) >= 11 is 3.28. The van der Waals surface area contributed by atoms with Crippen molar-refractivity contribution in [1.82, 2.24) is 0 Å². The molecule has 0 amide bonds. The zero-order valence-corrected chi connectivity index (χ0v) is 11.3. The fourth-order valence-corrected chi connectivity index (χ4v) is 1.29. The Balaban J connectivity index is 3.02. The minimum atomic E-state index is -0.510. The first-order chi connectivity index (χ1) is 7.33. The van der Waals surface area contributed by atoms with Gasteiger partial charge in [-0.3, -0.25) is 0 Å². The highest BCUT2D eigenvalue weighted by Gasteiger charge is 2.14. The Kier molecular flexibility index (Phi) is 3.82. The molecule has 1 heterocycles. The van der Waals surface area contributed by atoms with Gasteiger partial charge in [0.15, 0.2) is 5.76 Å². The molecule has 0 bridgehead atoms. The number of hydrogen-bond acceptors (Lipinski definition) is 3. The molecule has 0 saturated heterocycles. The largest absolute Gasteiger partial charge is 0.463 e. The number of carbonyl (C=O) groups excluding carboxylic acids is 1. The third-order valence-corrected chi connectivity index (χ3v) is 2.21. The minimum Gasteiger partial charge on any atom is -0.463 e. The van der Waals surface area contributed by atoms with Gasteiger partial charge in [0.1, 0.15) is 0 Å². The number of furan rings is 1. The molecule has 1 rings (SSSR count). The molecule has 0 atom stereocenters. The molecule has 0 N–H and O–H groups in total. The summed E-state index contributed by atoms with van der Waals surface area (Å²) in [5.74, 6) is 5.98. The maximum atomic E-state index is 11.2. The average molecular weight is 285 g/mol. The lowest BCUT2D eigenvalue weighted by Gasteiger charge is -2.06. The first kappa shape index (κ1) is 12.9. The van der Waals surface area contributed by atoms with Crippen molar-refractivity contribution in [2.24, 2.45) is 5.41 Å². The Morgan fingerprint density at radius 2 is 2.12 bits per heavy atom. The van der Waals surface area contributed by atoms with Gasteiger partial charge in [0.05, 0.1) is 11.6 Å². The van der Waals surface area contributed by atoms with Crippen molar-refractivity contribution in [3.63, 3.8) is 0 Å². The van der Waals surface area contributed by atoms with Crippen molar-refractivity contribution < 1.29 is 13.9 Å². The molecule has 0 aliphatic heterocycles. The molecule has 0 fully saturated rings. The third-order valence-electron chi connectivity index (χ3n) is 1.62. The van der Waals surface area contributed by atoms with E-state index in [1.807, 2.05) is 20.8 Å². The van der Waals surface area contributed by atoms with E-state index in [2.05, 4.69) is 32.5 Å². The van der Waals surface area contributed by atoms with Crippen LogP contribution in [0.2, 0.25) is 0 Å². The van der Waals surface area contributed by atoms with Crippen molar-refractivity contribution in [3.05, 3.63) is 22.1 Å². The van der Waals surface area contributed by atoms with Gasteiger partial charge in [0.2, 0.25) is 5.76 Å². The molecule has 3 nitrogen and oxygen atoms in total. The SMILES string of the molecule is COC(=O)c1cc(Br)c(C#CC(C)(C)C)o1. The van der Waals surface area contributed by atoms with E-state index >= 15 is 0 Å². The lowest BCUT2D eigenvalue weighted by molar-refractivity contribution is 0.0564. The van der Waals surface area contributed by atoms with Crippen LogP contribution in [0.3, 0.4) is 0 Å². The number of esters is 1. The lowest BCUT2D eigenvalue weighted by Crippen LogP contribution is -1.99. The molecule has 0 spiro atoms. The van der Waals surface area contributed by atoms with Gasteiger partial charge in [-0.25, -0.2) is 4.79 Å². The van der Waals surface area contributed by atoms with Gasteiger partial charge in [0.25, 0.3) is 0 Å². The van der Waals surface area contributed by atoms with Crippen LogP contribution in [-0.4, -0.2) is 13.1 Å². The van der Waals surface area contributed by atoms with Crippen LogP contribution in [0.15, 0.2) is 15.0 Å². The van der Waals surface area contributed by atoms with Crippen LogP contribution in [0.25, 0.3) is 0 Å². The predicted octanol–water partition coefficient (Wildman–Crippen LogP) is 3.23. The van der Waals surface area contributed by atoms with Crippen LogP contribution in [0, 0.1) is 17.3 Å². The van der Waals surface area contributed by atoms with Gasteiger partial charge in [0, 0.05) is 11.5 Å². The van der Waals surface area contributed by atoms with Crippen LogP contribution < -0.4 is 0 Å². The van der Waals surface area contributed by atoms with Crippen LogP contribution >= 0.6 is 15.9 Å². The molecule has 4 heteroatoms. The Hall–Kier alpha value is -1.21. The van der Waals surface area contributed by atoms with E-state index in [0.29, 0.717) is 10.2 Å². The second-order valence-electron chi connectivity index (χ2n) is 4.28. The van der Waals surface area contributed by atoms with Gasteiger partial charge < -0.3 is 9.15 Å². The van der Waals surface area contributed by atoms with E-state index in [-0.39, 0.29) is 11.2 Å². The quantitative estimate of drug-likeness (QED) is 0.587. The maximum absolute atomic E-state index is 11.2. The van der Waals surface area contributed by atoms with E-state index in [4.69, 9.17) is 4.42 Å². The van der Waals surface area contributed by atoms with E-state index in [9.17, 15) is 4.79 Å². The average Bonchev–Trinajstić information content (AvgIpc) is 2.54. The van der Waals surface area contributed by atoms with Crippen LogP contribution in [0.1, 0.15) is 37.1 Å². The summed E-state index contributed by atoms with van der Waals surface area (Å²) < 4.78 is 10.5. The van der Waals surface area contributed by atoms with Crippen molar-refractivity contribution in [3.8, 4) is 11.8 Å². The number of hydrogen-bond donors (Lipinski definition) is 0. The fraction of sp³-hybridized carbons (Fsp3) is 0.417. The number of rotatable bonds is 1. The minimum absolute atomic E-state index is 0.113. The van der Waals surface area contributed by atoms with Crippen LogP contribution in [0.4, 0.5) is 0 Å². The Morgan fingerprint density at radius 1 is 1.50 bits per heavy atom. The van der Waals surface area contributed by atoms with Crippen molar-refractivity contribution in [2.75, 3.05) is 7.11 Å². The zero-order valence-electron chi connectivity index (χ0n) is 9.68. The summed E-state index contributed by atoms with van der Waals surface area (Å²) in [5.41, 5.74) is -0.113. The van der Waals surface area contributed by atoms with Crippen molar-refractivity contribution in [2.45, 2.75) is 20.8 Å². The van der Waals surface area contributed by atoms with Crippen molar-refractivity contribution in [1.29, 1.82) is 0 Å². The van der Waals surface area contributed by atoms with Crippen molar-refractivity contribution >= 4 is 21.9 Å². The maximum Gasteiger partial charge on any atom is 0.374 e. The molecule has 0 radical (unpaired) electrons. The van der Waals surface area contributed by atoms with Gasteiger partial charge in [-0.2, -0.15) is 0 Å². The zero-order chi connectivity index (χ0) is 12.3. The monoisotopic (exact) mass is 284 g/mol. The molecular formula is C12H13BrO3. The van der Waals surface area contributed by atoms with Crippen LogP contribution in [0.5, 0.6) is 0 Å². The first-order valence-corrected chi connectivity index (χ1v) is 5.53. The number of carbonyl (C=O) groups is 1. The summed E-state index contributed by atoms with van der Waals surface area (Å²) in [4.78, 5) is 11.2. The van der Waals surface area contributed by atoms with Gasteiger partial charge in [-0.05, 0) is 42.6 Å². The first-order valence-electron chi connectivity index (χ1n) is 4.74. The molecule has 0 aliphatic carbocycles. The van der Waals surface area contributed by atoms with Crippen LogP contribution in [-0.2, 0) is 4.74 Å². The van der Waals surface area contributed by atoms with E-state index < -0.39 is 5.97 Å². The summed E-state index contributed by atoms with van der Waals surface area (Å²) in [6.07, 6.45) is 0. The molecule has 1 aromatic rings. The Morgan fingerprint density at radius 3 is 2.62 bits per heavy atom. The summed E-state index contributed by atoms with van der Waals surface area (Å²) in [6, 6.07) is 1.55. The van der Waals surface area contributed by atoms with Gasteiger partial charge in [-0.1, -0.05) is 5.92 Å². The smallest absolute Gasteiger partial charge is 0.374 e. The highest BCUT2D eigenvalue weighted by atomic mass is 79.9. The normalized spacial score (nSPS) is 10.6.